The first-order valence-electron chi connectivity index (χ1n) is 16.7. The standard InChI is InChI=1S/C32H45N7O14/c40-23(5-13-38-27(44)1-2-28(38)45)35-11-19-51-17-7-25(42)33-9-15-37(31(48)21-53-22-32(49)50)16-10-34-26(43)8-18-52-20-12-36-24(41)6-14-39-29(46)3-4-30(39)47/h1-4H,5-22H2,(H,33,42)(H,34,43)(H,35,40)(H,36,41)(H,49,50). The number of amides is 9. The van der Waals surface area contributed by atoms with E-state index in [0.717, 1.165) is 34.1 Å². The molecule has 0 aliphatic carbocycles. The van der Waals surface area contributed by atoms with E-state index < -0.39 is 48.7 Å². The number of carboxylic acids is 1. The maximum atomic E-state index is 12.6. The molecule has 0 atom stereocenters. The van der Waals surface area contributed by atoms with Gasteiger partial charge >= 0.3 is 5.97 Å². The lowest BCUT2D eigenvalue weighted by Crippen LogP contribution is -2.44. The first-order valence-corrected chi connectivity index (χ1v) is 16.7. The second-order valence-corrected chi connectivity index (χ2v) is 11.2. The number of nitrogens with zero attached hydrogens (tertiary/aromatic N) is 3. The van der Waals surface area contributed by atoms with Crippen molar-refractivity contribution in [1.29, 1.82) is 0 Å². The van der Waals surface area contributed by atoms with Gasteiger partial charge in [0.1, 0.15) is 13.2 Å². The van der Waals surface area contributed by atoms with Gasteiger partial charge in [0.05, 0.1) is 26.4 Å². The van der Waals surface area contributed by atoms with Crippen LogP contribution in [0.3, 0.4) is 0 Å². The van der Waals surface area contributed by atoms with Gasteiger partial charge in [-0.15, -0.1) is 0 Å². The van der Waals surface area contributed by atoms with Gasteiger partial charge in [-0.05, 0) is 0 Å². The molecule has 0 unspecified atom stereocenters. The van der Waals surface area contributed by atoms with Crippen LogP contribution in [0.5, 0.6) is 0 Å². The molecule has 0 aromatic heterocycles. The molecular weight excluding hydrogens is 706 g/mol. The highest BCUT2D eigenvalue weighted by Crippen LogP contribution is 2.05. The van der Waals surface area contributed by atoms with E-state index >= 15 is 0 Å². The highest BCUT2D eigenvalue weighted by molar-refractivity contribution is 6.13. The van der Waals surface area contributed by atoms with Gasteiger partial charge in [-0.1, -0.05) is 0 Å². The maximum absolute atomic E-state index is 12.6. The van der Waals surface area contributed by atoms with Crippen molar-refractivity contribution in [3.8, 4) is 0 Å². The van der Waals surface area contributed by atoms with Crippen molar-refractivity contribution >= 4 is 59.1 Å². The van der Waals surface area contributed by atoms with E-state index in [4.69, 9.17) is 19.3 Å². The molecule has 0 spiro atoms. The fraction of sp³-hybridized carbons (Fsp3) is 0.562. The molecule has 5 N–H and O–H groups in total. The van der Waals surface area contributed by atoms with Gasteiger partial charge in [0, 0.05) is 102 Å². The summed E-state index contributed by atoms with van der Waals surface area (Å²) in [4.78, 5) is 121. The molecule has 2 rings (SSSR count). The number of rotatable bonds is 28. The summed E-state index contributed by atoms with van der Waals surface area (Å²) < 4.78 is 15.5. The first kappa shape index (κ1) is 43.6. The molecule has 2 heterocycles. The summed E-state index contributed by atoms with van der Waals surface area (Å²) in [5.41, 5.74) is 0. The van der Waals surface area contributed by atoms with Crippen LogP contribution in [0.15, 0.2) is 24.3 Å². The number of hydrogen-bond donors (Lipinski definition) is 5. The molecule has 21 nitrogen and oxygen atoms in total. The second kappa shape index (κ2) is 24.6. The average molecular weight is 752 g/mol. The molecule has 0 aromatic rings. The average Bonchev–Trinajstić information content (AvgIpc) is 3.61. The third-order valence-electron chi connectivity index (χ3n) is 7.22. The Hall–Kier alpha value is -5.54. The van der Waals surface area contributed by atoms with Crippen LogP contribution in [0.25, 0.3) is 0 Å². The van der Waals surface area contributed by atoms with E-state index in [0.29, 0.717) is 0 Å². The Morgan fingerprint density at radius 1 is 0.528 bits per heavy atom. The summed E-state index contributed by atoms with van der Waals surface area (Å²) in [6.45, 7) is -0.512. The molecule has 2 aliphatic rings. The van der Waals surface area contributed by atoms with Gasteiger partial charge in [0.15, 0.2) is 0 Å². The summed E-state index contributed by atoms with van der Waals surface area (Å²) in [7, 11) is 0. The lowest BCUT2D eigenvalue weighted by molar-refractivity contribution is -0.146. The zero-order valence-electron chi connectivity index (χ0n) is 29.1. The molecule has 0 bridgehead atoms. The van der Waals surface area contributed by atoms with E-state index in [1.165, 1.54) is 4.90 Å². The summed E-state index contributed by atoms with van der Waals surface area (Å²) >= 11 is 0. The molecule has 0 saturated heterocycles. The van der Waals surface area contributed by atoms with Crippen LogP contribution in [-0.2, 0) is 62.2 Å². The molecule has 292 valence electrons. The number of aliphatic carboxylic acids is 1. The van der Waals surface area contributed by atoms with Crippen molar-refractivity contribution in [2.45, 2.75) is 25.7 Å². The number of imide groups is 2. The van der Waals surface area contributed by atoms with E-state index in [9.17, 15) is 47.9 Å². The zero-order valence-corrected chi connectivity index (χ0v) is 29.1. The maximum Gasteiger partial charge on any atom is 0.329 e. The van der Waals surface area contributed by atoms with Crippen LogP contribution in [0, 0.1) is 0 Å². The van der Waals surface area contributed by atoms with Gasteiger partial charge < -0.3 is 45.5 Å². The molecule has 21 heteroatoms. The number of ether oxygens (including phenoxy) is 3. The number of carboxylic acid groups (broad SMARTS) is 1. The minimum Gasteiger partial charge on any atom is -0.480 e. The van der Waals surface area contributed by atoms with Crippen LogP contribution >= 0.6 is 0 Å². The highest BCUT2D eigenvalue weighted by atomic mass is 16.5. The Morgan fingerprint density at radius 2 is 0.906 bits per heavy atom. The van der Waals surface area contributed by atoms with Crippen molar-refractivity contribution < 1.29 is 67.3 Å². The fourth-order valence-corrected chi connectivity index (χ4v) is 4.48. The summed E-state index contributed by atoms with van der Waals surface area (Å²) in [5, 5.41) is 19.2. The molecule has 2 aliphatic heterocycles. The Balaban J connectivity index is 1.56. The molecule has 0 fully saturated rings. The molecule has 9 amide bonds. The number of carbonyl (C=O) groups is 10. The highest BCUT2D eigenvalue weighted by Gasteiger charge is 2.24. The van der Waals surface area contributed by atoms with Crippen LogP contribution in [-0.4, -0.2) is 171 Å². The SMILES string of the molecule is O=C(O)COCC(=O)N(CCNC(=O)CCOCCNC(=O)CCN1C(=O)C=CC1=O)CCNC(=O)CCOCCNC(=O)CCN1C(=O)C=CC1=O. The number of carbonyl (C=O) groups excluding carboxylic acids is 9. The van der Waals surface area contributed by atoms with Crippen molar-refractivity contribution in [2.75, 3.05) is 92.0 Å². The summed E-state index contributed by atoms with van der Waals surface area (Å²) in [6, 6.07) is 0. The van der Waals surface area contributed by atoms with E-state index in [-0.39, 0.29) is 128 Å². The minimum atomic E-state index is -1.26. The predicted octanol–water partition coefficient (Wildman–Crippen LogP) is -4.18. The van der Waals surface area contributed by atoms with Gasteiger partial charge in [-0.2, -0.15) is 0 Å². The van der Waals surface area contributed by atoms with Crippen LogP contribution < -0.4 is 21.3 Å². The van der Waals surface area contributed by atoms with Gasteiger partial charge in [-0.25, -0.2) is 4.79 Å². The lowest BCUT2D eigenvalue weighted by Gasteiger charge is -2.23. The minimum absolute atomic E-state index is 0.0126. The largest absolute Gasteiger partial charge is 0.480 e. The Kier molecular flexibility index (Phi) is 20.3. The second-order valence-electron chi connectivity index (χ2n) is 11.2. The van der Waals surface area contributed by atoms with Crippen molar-refractivity contribution in [2.24, 2.45) is 0 Å². The molecule has 0 saturated carbocycles. The Bertz CT molecular complexity index is 1290. The topological polar surface area (TPSA) is 276 Å². The first-order chi connectivity index (χ1) is 25.4. The summed E-state index contributed by atoms with van der Waals surface area (Å²) in [5.74, 6) is -5.20. The third-order valence-corrected chi connectivity index (χ3v) is 7.22. The van der Waals surface area contributed by atoms with Gasteiger partial charge in [0.25, 0.3) is 23.6 Å². The van der Waals surface area contributed by atoms with E-state index in [2.05, 4.69) is 21.3 Å². The summed E-state index contributed by atoms with van der Waals surface area (Å²) in [6.07, 6.45) is 4.39. The van der Waals surface area contributed by atoms with E-state index in [1.54, 1.807) is 0 Å². The van der Waals surface area contributed by atoms with Crippen molar-refractivity contribution in [3.63, 3.8) is 0 Å². The quantitative estimate of drug-likeness (QED) is 0.0375. The number of nitrogens with one attached hydrogen (secondary N) is 4. The monoisotopic (exact) mass is 751 g/mol. The van der Waals surface area contributed by atoms with E-state index in [1.807, 2.05) is 0 Å². The lowest BCUT2D eigenvalue weighted by atomic mass is 10.3. The Labute approximate surface area is 304 Å². The van der Waals surface area contributed by atoms with Gasteiger partial charge in [-0.3, -0.25) is 53.0 Å². The smallest absolute Gasteiger partial charge is 0.329 e. The normalized spacial score (nSPS) is 13.4. The predicted molar refractivity (Wildman–Crippen MR) is 179 cm³/mol. The Morgan fingerprint density at radius 3 is 1.30 bits per heavy atom. The number of hydrogen-bond acceptors (Lipinski definition) is 13. The zero-order chi connectivity index (χ0) is 39.0. The third kappa shape index (κ3) is 18.5. The molecule has 53 heavy (non-hydrogen) atoms. The van der Waals surface area contributed by atoms with Crippen molar-refractivity contribution in [3.05, 3.63) is 24.3 Å². The van der Waals surface area contributed by atoms with Crippen LogP contribution in [0.1, 0.15) is 25.7 Å². The van der Waals surface area contributed by atoms with Crippen molar-refractivity contribution in [1.82, 2.24) is 36.0 Å². The molecule has 0 radical (unpaired) electrons. The molecule has 0 aromatic carbocycles. The van der Waals surface area contributed by atoms with Gasteiger partial charge in [0.2, 0.25) is 29.5 Å². The van der Waals surface area contributed by atoms with Crippen LogP contribution in [0.2, 0.25) is 0 Å². The van der Waals surface area contributed by atoms with Crippen LogP contribution in [0.4, 0.5) is 0 Å². The molecular formula is C32H45N7O14. The fourth-order valence-electron chi connectivity index (χ4n) is 4.48.